The predicted molar refractivity (Wildman–Crippen MR) is 122 cm³/mol. The van der Waals surface area contributed by atoms with E-state index in [2.05, 4.69) is 10.3 Å². The minimum Gasteiger partial charge on any atom is -0.302 e. The van der Waals surface area contributed by atoms with Crippen LogP contribution in [0.15, 0.2) is 52.3 Å². The number of carbonyl (C=O) groups is 1. The monoisotopic (exact) mass is 501 g/mol. The van der Waals surface area contributed by atoms with E-state index in [0.717, 1.165) is 15.6 Å². The van der Waals surface area contributed by atoms with E-state index < -0.39 is 19.9 Å². The van der Waals surface area contributed by atoms with Crippen LogP contribution in [0.4, 0.5) is 5.13 Å². The maximum atomic E-state index is 12.3. The third-order valence-corrected chi connectivity index (χ3v) is 9.19. The highest BCUT2D eigenvalue weighted by molar-refractivity contribution is 7.91. The Labute approximate surface area is 189 Å². The van der Waals surface area contributed by atoms with Gasteiger partial charge in [-0.2, -0.15) is 0 Å². The molecule has 0 radical (unpaired) electrons. The van der Waals surface area contributed by atoms with E-state index in [9.17, 15) is 21.6 Å². The summed E-state index contributed by atoms with van der Waals surface area (Å²) in [6.45, 7) is 0. The third-order valence-electron chi connectivity index (χ3n) is 4.37. The quantitative estimate of drug-likeness (QED) is 0.506. The Kier molecular flexibility index (Phi) is 7.01. The Hall–Kier alpha value is -2.05. The lowest BCUT2D eigenvalue weighted by Crippen LogP contribution is -2.22. The van der Waals surface area contributed by atoms with E-state index >= 15 is 0 Å². The van der Waals surface area contributed by atoms with Gasteiger partial charge >= 0.3 is 0 Å². The smallest absolute Gasteiger partial charge is 0.242 e. The molecule has 12 heteroatoms. The number of amides is 1. The molecular formula is C19H20ClN3O5S3. The van der Waals surface area contributed by atoms with Gasteiger partial charge in [-0.05, 0) is 48.9 Å². The largest absolute Gasteiger partial charge is 0.302 e. The average Bonchev–Trinajstić information content (AvgIpc) is 3.09. The molecule has 0 saturated carbocycles. The first-order chi connectivity index (χ1) is 14.5. The number of rotatable bonds is 8. The zero-order valence-electron chi connectivity index (χ0n) is 16.7. The molecule has 1 aromatic heterocycles. The zero-order valence-corrected chi connectivity index (χ0v) is 19.9. The number of anilines is 1. The molecule has 1 amide bonds. The van der Waals surface area contributed by atoms with Gasteiger partial charge in [-0.25, -0.2) is 26.1 Å². The summed E-state index contributed by atoms with van der Waals surface area (Å²) in [6, 6.07) is 10.4. The predicted octanol–water partition coefficient (Wildman–Crippen LogP) is 3.39. The zero-order chi connectivity index (χ0) is 22.8. The van der Waals surface area contributed by atoms with Crippen LogP contribution in [0.5, 0.6) is 0 Å². The molecule has 1 heterocycles. The molecule has 166 valence electrons. The number of nitrogens with one attached hydrogen (secondary N) is 1. The summed E-state index contributed by atoms with van der Waals surface area (Å²) >= 11 is 6.92. The molecule has 0 unspecified atom stereocenters. The topological polar surface area (TPSA) is 114 Å². The van der Waals surface area contributed by atoms with Crippen molar-refractivity contribution in [1.29, 1.82) is 0 Å². The van der Waals surface area contributed by atoms with Crippen molar-refractivity contribution >= 4 is 64.1 Å². The molecule has 0 aliphatic heterocycles. The summed E-state index contributed by atoms with van der Waals surface area (Å²) in [5.41, 5.74) is 0.559. The number of sulfonamides is 1. The fraction of sp³-hybridized carbons (Fsp3) is 0.263. The normalized spacial score (nSPS) is 12.4. The minimum atomic E-state index is -3.57. The van der Waals surface area contributed by atoms with Crippen molar-refractivity contribution in [2.45, 2.75) is 22.6 Å². The van der Waals surface area contributed by atoms with Gasteiger partial charge in [-0.3, -0.25) is 4.79 Å². The summed E-state index contributed by atoms with van der Waals surface area (Å²) in [6.07, 6.45) is 0.149. The van der Waals surface area contributed by atoms with E-state index in [0.29, 0.717) is 20.4 Å². The van der Waals surface area contributed by atoms with Crippen molar-refractivity contribution in [3.63, 3.8) is 0 Å². The number of aromatic nitrogens is 1. The molecule has 8 nitrogen and oxygen atoms in total. The fourth-order valence-electron chi connectivity index (χ4n) is 2.69. The Morgan fingerprint density at radius 3 is 2.35 bits per heavy atom. The van der Waals surface area contributed by atoms with Crippen molar-refractivity contribution in [3.05, 3.63) is 47.5 Å². The first kappa shape index (κ1) is 23.6. The molecule has 2 aromatic carbocycles. The Morgan fingerprint density at radius 1 is 1.06 bits per heavy atom. The van der Waals surface area contributed by atoms with Crippen LogP contribution < -0.4 is 5.32 Å². The third kappa shape index (κ3) is 5.60. The Morgan fingerprint density at radius 2 is 1.71 bits per heavy atom. The summed E-state index contributed by atoms with van der Waals surface area (Å²) in [4.78, 5) is 16.8. The maximum absolute atomic E-state index is 12.3. The molecular weight excluding hydrogens is 482 g/mol. The Balaban J connectivity index is 1.62. The van der Waals surface area contributed by atoms with Crippen molar-refractivity contribution < 1.29 is 21.6 Å². The van der Waals surface area contributed by atoms with Crippen LogP contribution in [0, 0.1) is 0 Å². The second kappa shape index (κ2) is 9.21. The molecule has 3 aromatic rings. The van der Waals surface area contributed by atoms with E-state index in [-0.39, 0.29) is 34.3 Å². The average molecular weight is 502 g/mol. The summed E-state index contributed by atoms with van der Waals surface area (Å²) in [5.74, 6) is -0.542. The first-order valence-electron chi connectivity index (χ1n) is 9.10. The fourth-order valence-corrected chi connectivity index (χ4v) is 6.06. The second-order valence-electron chi connectivity index (χ2n) is 6.86. The summed E-state index contributed by atoms with van der Waals surface area (Å²) < 4.78 is 50.9. The highest BCUT2D eigenvalue weighted by atomic mass is 35.5. The first-order valence-corrected chi connectivity index (χ1v) is 13.4. The molecule has 0 fully saturated rings. The highest BCUT2D eigenvalue weighted by Crippen LogP contribution is 2.29. The molecule has 3 rings (SSSR count). The molecule has 0 spiro atoms. The van der Waals surface area contributed by atoms with Gasteiger partial charge in [0.05, 0.1) is 25.8 Å². The van der Waals surface area contributed by atoms with E-state index in [1.54, 1.807) is 6.07 Å². The molecule has 0 atom stereocenters. The van der Waals surface area contributed by atoms with E-state index in [1.807, 2.05) is 0 Å². The number of benzene rings is 2. The lowest BCUT2D eigenvalue weighted by Gasteiger charge is -2.10. The summed E-state index contributed by atoms with van der Waals surface area (Å²) in [5, 5.41) is 3.41. The number of hydrogen-bond acceptors (Lipinski definition) is 7. The van der Waals surface area contributed by atoms with Gasteiger partial charge in [0.15, 0.2) is 15.0 Å². The van der Waals surface area contributed by atoms with Gasteiger partial charge in [0.1, 0.15) is 0 Å². The van der Waals surface area contributed by atoms with Crippen molar-refractivity contribution in [2.24, 2.45) is 0 Å². The standard InChI is InChI=1S/C19H20ClN3O5S3/c1-23(2)31(27,28)15-9-10-16-17(12-15)29-19(21-16)22-18(24)4-3-11-30(25,26)14-7-5-13(20)6-8-14/h5-10,12H,3-4,11H2,1-2H3,(H,21,22,24). The number of fused-ring (bicyclic) bond motifs is 1. The van der Waals surface area contributed by atoms with Crippen LogP contribution >= 0.6 is 22.9 Å². The van der Waals surface area contributed by atoms with Crippen LogP contribution in [0.3, 0.4) is 0 Å². The summed E-state index contributed by atoms with van der Waals surface area (Å²) in [7, 11) is -4.18. The van der Waals surface area contributed by atoms with Crippen LogP contribution in [-0.2, 0) is 24.7 Å². The number of nitrogens with zero attached hydrogens (tertiary/aromatic N) is 2. The lowest BCUT2D eigenvalue weighted by molar-refractivity contribution is -0.116. The molecule has 0 aliphatic carbocycles. The SMILES string of the molecule is CN(C)S(=O)(=O)c1ccc2nc(NC(=O)CCCS(=O)(=O)c3ccc(Cl)cc3)sc2c1. The lowest BCUT2D eigenvalue weighted by atomic mass is 10.3. The van der Waals surface area contributed by atoms with Crippen LogP contribution in [0.1, 0.15) is 12.8 Å². The van der Waals surface area contributed by atoms with Gasteiger partial charge in [-0.15, -0.1) is 0 Å². The van der Waals surface area contributed by atoms with Gasteiger partial charge in [0.25, 0.3) is 0 Å². The van der Waals surface area contributed by atoms with E-state index in [1.165, 1.54) is 50.5 Å². The van der Waals surface area contributed by atoms with Crippen LogP contribution in [-0.4, -0.2) is 51.9 Å². The maximum Gasteiger partial charge on any atom is 0.242 e. The molecule has 0 bridgehead atoms. The Bertz CT molecular complexity index is 1320. The number of halogens is 1. The molecule has 31 heavy (non-hydrogen) atoms. The highest BCUT2D eigenvalue weighted by Gasteiger charge is 2.19. The van der Waals surface area contributed by atoms with Gasteiger partial charge < -0.3 is 5.32 Å². The second-order valence-corrected chi connectivity index (χ2v) is 12.6. The number of carbonyl (C=O) groups excluding carboxylic acids is 1. The number of thiazole rings is 1. The van der Waals surface area contributed by atoms with Crippen LogP contribution in [0.2, 0.25) is 5.02 Å². The molecule has 1 N–H and O–H groups in total. The van der Waals surface area contributed by atoms with Crippen LogP contribution in [0.25, 0.3) is 10.2 Å². The van der Waals surface area contributed by atoms with Gasteiger partial charge in [0.2, 0.25) is 15.9 Å². The van der Waals surface area contributed by atoms with Crippen molar-refractivity contribution in [3.8, 4) is 0 Å². The van der Waals surface area contributed by atoms with Gasteiger partial charge in [0, 0.05) is 25.5 Å². The number of hydrogen-bond donors (Lipinski definition) is 1. The number of sulfone groups is 1. The minimum absolute atomic E-state index is 0.00298. The van der Waals surface area contributed by atoms with Crippen molar-refractivity contribution in [1.82, 2.24) is 9.29 Å². The van der Waals surface area contributed by atoms with Crippen molar-refractivity contribution in [2.75, 3.05) is 25.2 Å². The van der Waals surface area contributed by atoms with E-state index in [4.69, 9.17) is 11.6 Å². The molecule has 0 saturated heterocycles. The van der Waals surface area contributed by atoms with Gasteiger partial charge in [-0.1, -0.05) is 22.9 Å². The molecule has 0 aliphatic rings.